The molecule has 104 valence electrons. The minimum Gasteiger partial charge on any atom is -0.332 e. The lowest BCUT2D eigenvalue weighted by atomic mass is 10.2. The zero-order valence-electron chi connectivity index (χ0n) is 11.1. The summed E-state index contributed by atoms with van der Waals surface area (Å²) in [5.74, 6) is -0.594. The van der Waals surface area contributed by atoms with Crippen molar-refractivity contribution in [2.24, 2.45) is 0 Å². The third kappa shape index (κ3) is 3.30. The average Bonchev–Trinajstić information content (AvgIpc) is 2.38. The number of halogens is 2. The minimum atomic E-state index is -0.298. The maximum atomic E-state index is 13.4. The molecule has 0 amide bonds. The maximum Gasteiger partial charge on any atom is 0.175 e. The molecule has 0 aliphatic rings. The zero-order valence-corrected chi connectivity index (χ0v) is 11.9. The van der Waals surface area contributed by atoms with Gasteiger partial charge in [-0.25, -0.2) is 8.78 Å². The third-order valence-electron chi connectivity index (χ3n) is 2.95. The van der Waals surface area contributed by atoms with Gasteiger partial charge in [0, 0.05) is 16.9 Å². The Balaban J connectivity index is 2.11. The predicted molar refractivity (Wildman–Crippen MR) is 82.1 cm³/mol. The Kier molecular flexibility index (Phi) is 4.29. The third-order valence-corrected chi connectivity index (χ3v) is 3.16. The second-order valence-corrected chi connectivity index (χ2v) is 4.86. The number of rotatable bonds is 2. The first-order valence-electron chi connectivity index (χ1n) is 6.06. The fourth-order valence-corrected chi connectivity index (χ4v) is 2.01. The van der Waals surface area contributed by atoms with E-state index in [1.807, 2.05) is 0 Å². The van der Waals surface area contributed by atoms with E-state index in [4.69, 9.17) is 12.2 Å². The Morgan fingerprint density at radius 3 is 2.40 bits per heavy atom. The summed E-state index contributed by atoms with van der Waals surface area (Å²) in [7, 11) is 0. The first-order chi connectivity index (χ1) is 9.47. The predicted octanol–water partition coefficient (Wildman–Crippen LogP) is 4.39. The summed E-state index contributed by atoms with van der Waals surface area (Å²) < 4.78 is 26.4. The van der Waals surface area contributed by atoms with Gasteiger partial charge >= 0.3 is 0 Å². The van der Waals surface area contributed by atoms with Crippen LogP contribution in [0.2, 0.25) is 0 Å². The molecular weight excluding hydrogens is 278 g/mol. The SMILES string of the molecule is Cc1cc(F)ccc1NC(=S)Nc1cccc(F)c1C. The van der Waals surface area contributed by atoms with Crippen molar-refractivity contribution in [1.82, 2.24) is 0 Å². The summed E-state index contributed by atoms with van der Waals surface area (Å²) in [6, 6.07) is 9.11. The van der Waals surface area contributed by atoms with Gasteiger partial charge in [0.2, 0.25) is 0 Å². The lowest BCUT2D eigenvalue weighted by Crippen LogP contribution is -2.20. The molecular formula is C15H14F2N2S. The Labute approximate surface area is 121 Å². The van der Waals surface area contributed by atoms with Gasteiger partial charge in [-0.3, -0.25) is 0 Å². The van der Waals surface area contributed by atoms with Crippen LogP contribution in [0.4, 0.5) is 20.2 Å². The highest BCUT2D eigenvalue weighted by atomic mass is 32.1. The smallest absolute Gasteiger partial charge is 0.175 e. The van der Waals surface area contributed by atoms with Crippen molar-refractivity contribution in [1.29, 1.82) is 0 Å². The Bertz CT molecular complexity index is 656. The molecule has 2 N–H and O–H groups in total. The second-order valence-electron chi connectivity index (χ2n) is 4.45. The summed E-state index contributed by atoms with van der Waals surface area (Å²) in [6.07, 6.45) is 0. The van der Waals surface area contributed by atoms with Gasteiger partial charge in [0.05, 0.1) is 0 Å². The molecule has 0 saturated carbocycles. The molecule has 0 radical (unpaired) electrons. The molecule has 0 aliphatic carbocycles. The topological polar surface area (TPSA) is 24.1 Å². The van der Waals surface area contributed by atoms with Crippen molar-refractivity contribution in [2.75, 3.05) is 10.6 Å². The summed E-state index contributed by atoms with van der Waals surface area (Å²) >= 11 is 5.17. The molecule has 0 fully saturated rings. The molecule has 0 unspecified atom stereocenters. The molecule has 0 aliphatic heterocycles. The van der Waals surface area contributed by atoms with Crippen LogP contribution in [0.3, 0.4) is 0 Å². The van der Waals surface area contributed by atoms with Crippen molar-refractivity contribution < 1.29 is 8.78 Å². The van der Waals surface area contributed by atoms with Crippen LogP contribution >= 0.6 is 12.2 Å². The lowest BCUT2D eigenvalue weighted by Gasteiger charge is -2.14. The van der Waals surface area contributed by atoms with E-state index >= 15 is 0 Å². The van der Waals surface area contributed by atoms with Crippen molar-refractivity contribution in [3.05, 3.63) is 59.2 Å². The fraction of sp³-hybridized carbons (Fsp3) is 0.133. The Morgan fingerprint density at radius 1 is 1.00 bits per heavy atom. The van der Waals surface area contributed by atoms with Crippen LogP contribution in [0, 0.1) is 25.5 Å². The van der Waals surface area contributed by atoms with Gasteiger partial charge in [-0.05, 0) is 62.0 Å². The average molecular weight is 292 g/mol. The number of nitrogens with one attached hydrogen (secondary N) is 2. The number of hydrogen-bond donors (Lipinski definition) is 2. The molecule has 0 aromatic heterocycles. The summed E-state index contributed by atoms with van der Waals surface area (Å²) in [5, 5.41) is 6.22. The van der Waals surface area contributed by atoms with E-state index in [2.05, 4.69) is 10.6 Å². The van der Waals surface area contributed by atoms with E-state index in [0.717, 1.165) is 5.56 Å². The van der Waals surface area contributed by atoms with Gasteiger partial charge in [-0.2, -0.15) is 0 Å². The largest absolute Gasteiger partial charge is 0.332 e. The molecule has 2 nitrogen and oxygen atoms in total. The lowest BCUT2D eigenvalue weighted by molar-refractivity contribution is 0.619. The maximum absolute atomic E-state index is 13.4. The molecule has 5 heteroatoms. The van der Waals surface area contributed by atoms with E-state index in [-0.39, 0.29) is 11.6 Å². The van der Waals surface area contributed by atoms with Gasteiger partial charge in [-0.15, -0.1) is 0 Å². The van der Waals surface area contributed by atoms with Crippen molar-refractivity contribution in [3.63, 3.8) is 0 Å². The van der Waals surface area contributed by atoms with Crippen LogP contribution in [0.5, 0.6) is 0 Å². The van der Waals surface area contributed by atoms with E-state index in [1.165, 1.54) is 18.2 Å². The van der Waals surface area contributed by atoms with Crippen LogP contribution in [0.25, 0.3) is 0 Å². The molecule has 0 saturated heterocycles. The molecule has 0 spiro atoms. The number of aryl methyl sites for hydroxylation is 1. The summed E-state index contributed by atoms with van der Waals surface area (Å²) in [6.45, 7) is 3.45. The zero-order chi connectivity index (χ0) is 14.7. The molecule has 20 heavy (non-hydrogen) atoms. The highest BCUT2D eigenvalue weighted by Crippen LogP contribution is 2.19. The van der Waals surface area contributed by atoms with Crippen molar-refractivity contribution >= 4 is 28.7 Å². The van der Waals surface area contributed by atoms with E-state index in [1.54, 1.807) is 32.0 Å². The first kappa shape index (κ1) is 14.4. The van der Waals surface area contributed by atoms with E-state index in [9.17, 15) is 8.78 Å². The minimum absolute atomic E-state index is 0.296. The van der Waals surface area contributed by atoms with Gasteiger partial charge in [0.1, 0.15) is 11.6 Å². The van der Waals surface area contributed by atoms with Crippen molar-refractivity contribution in [2.45, 2.75) is 13.8 Å². The second kappa shape index (κ2) is 5.96. The van der Waals surface area contributed by atoms with Gasteiger partial charge < -0.3 is 10.6 Å². The molecule has 0 bridgehead atoms. The number of anilines is 2. The number of benzene rings is 2. The van der Waals surface area contributed by atoms with Crippen LogP contribution in [0.15, 0.2) is 36.4 Å². The first-order valence-corrected chi connectivity index (χ1v) is 6.47. The Morgan fingerprint density at radius 2 is 1.70 bits per heavy atom. The van der Waals surface area contributed by atoms with E-state index in [0.29, 0.717) is 22.1 Å². The highest BCUT2D eigenvalue weighted by Gasteiger charge is 2.06. The van der Waals surface area contributed by atoms with Gasteiger partial charge in [0.15, 0.2) is 5.11 Å². The monoisotopic (exact) mass is 292 g/mol. The Hall–Kier alpha value is -2.01. The van der Waals surface area contributed by atoms with Gasteiger partial charge in [-0.1, -0.05) is 6.07 Å². The molecule has 2 rings (SSSR count). The molecule has 2 aromatic carbocycles. The molecule has 2 aromatic rings. The van der Waals surface area contributed by atoms with E-state index < -0.39 is 0 Å². The molecule has 0 atom stereocenters. The fourth-order valence-electron chi connectivity index (χ4n) is 1.79. The highest BCUT2D eigenvalue weighted by molar-refractivity contribution is 7.80. The van der Waals surface area contributed by atoms with Crippen molar-refractivity contribution in [3.8, 4) is 0 Å². The standard InChI is InChI=1S/C15H14F2N2S/c1-9-8-11(16)6-7-13(9)18-15(20)19-14-5-3-4-12(17)10(14)2/h3-8H,1-2H3,(H2,18,19,20). The van der Waals surface area contributed by atoms with Crippen LogP contribution < -0.4 is 10.6 Å². The van der Waals surface area contributed by atoms with Crippen LogP contribution in [-0.4, -0.2) is 5.11 Å². The quantitative estimate of drug-likeness (QED) is 0.803. The van der Waals surface area contributed by atoms with Gasteiger partial charge in [0.25, 0.3) is 0 Å². The molecule has 0 heterocycles. The van der Waals surface area contributed by atoms with Crippen LogP contribution in [-0.2, 0) is 0 Å². The van der Waals surface area contributed by atoms with Crippen LogP contribution in [0.1, 0.15) is 11.1 Å². The normalized spacial score (nSPS) is 10.2. The summed E-state index contributed by atoms with van der Waals surface area (Å²) in [4.78, 5) is 0. The number of thiocarbonyl (C=S) groups is 1. The summed E-state index contributed by atoms with van der Waals surface area (Å²) in [5.41, 5.74) is 2.54. The number of hydrogen-bond acceptors (Lipinski definition) is 1.